The zero-order valence-electron chi connectivity index (χ0n) is 25.9. The molecule has 1 aromatic carbocycles. The summed E-state index contributed by atoms with van der Waals surface area (Å²) in [6, 6.07) is 8.74. The summed E-state index contributed by atoms with van der Waals surface area (Å²) in [4.78, 5) is 22.0. The van der Waals surface area contributed by atoms with Crippen molar-refractivity contribution in [3.05, 3.63) is 52.6 Å². The fourth-order valence-electron chi connectivity index (χ4n) is 4.81. The Morgan fingerprint density at radius 2 is 1.86 bits per heavy atom. The van der Waals surface area contributed by atoms with E-state index < -0.39 is 14.6 Å². The number of thiazole rings is 1. The number of H-pyrrole nitrogens is 1. The van der Waals surface area contributed by atoms with E-state index in [1.54, 1.807) is 56.8 Å². The van der Waals surface area contributed by atoms with Crippen LogP contribution in [0.25, 0.3) is 0 Å². The normalized spacial score (nSPS) is 14.8. The van der Waals surface area contributed by atoms with Gasteiger partial charge >= 0.3 is 0 Å². The highest BCUT2D eigenvalue weighted by molar-refractivity contribution is 7.99. The minimum Gasteiger partial charge on any atom is -0.490 e. The van der Waals surface area contributed by atoms with Crippen molar-refractivity contribution in [1.82, 2.24) is 34.9 Å². The molecule has 0 bridgehead atoms. The summed E-state index contributed by atoms with van der Waals surface area (Å²) in [5.74, 6) is 2.46. The van der Waals surface area contributed by atoms with Gasteiger partial charge in [0.25, 0.3) is 0 Å². The number of aryl methyl sites for hydroxylation is 1. The van der Waals surface area contributed by atoms with E-state index in [9.17, 15) is 8.42 Å². The maximum atomic E-state index is 13.5. The van der Waals surface area contributed by atoms with Gasteiger partial charge in [-0.25, -0.2) is 23.4 Å². The molecule has 15 heteroatoms. The number of hydrogen-bond donors (Lipinski definition) is 2. The third-order valence-corrected chi connectivity index (χ3v) is 12.0. The highest BCUT2D eigenvalue weighted by Crippen LogP contribution is 2.40. The second kappa shape index (κ2) is 13.4. The summed E-state index contributed by atoms with van der Waals surface area (Å²) in [6.45, 7) is 10.7. The summed E-state index contributed by atoms with van der Waals surface area (Å²) in [5, 5.41) is 13.4. The Hall–Kier alpha value is -3.24. The lowest BCUT2D eigenvalue weighted by molar-refractivity contribution is 0.228. The molecule has 236 valence electrons. The van der Waals surface area contributed by atoms with Crippen LogP contribution in [0.3, 0.4) is 0 Å². The van der Waals surface area contributed by atoms with E-state index in [4.69, 9.17) is 14.7 Å². The molecule has 1 aliphatic rings. The highest BCUT2D eigenvalue weighted by atomic mass is 32.2. The van der Waals surface area contributed by atoms with Gasteiger partial charge in [-0.15, -0.1) is 11.3 Å². The van der Waals surface area contributed by atoms with E-state index in [2.05, 4.69) is 49.3 Å². The lowest BCUT2D eigenvalue weighted by Crippen LogP contribution is -2.48. The van der Waals surface area contributed by atoms with Crippen molar-refractivity contribution in [3.8, 4) is 5.75 Å². The Labute approximate surface area is 267 Å². The monoisotopic (exact) mass is 657 g/mol. The molecular weight excluding hydrogens is 619 g/mol. The minimum absolute atomic E-state index is 0.238. The summed E-state index contributed by atoms with van der Waals surface area (Å²) >= 11 is 2.70. The predicted molar refractivity (Wildman–Crippen MR) is 175 cm³/mol. The molecule has 1 aliphatic heterocycles. The quantitative estimate of drug-likeness (QED) is 0.211. The lowest BCUT2D eigenvalue weighted by Gasteiger charge is -2.36. The van der Waals surface area contributed by atoms with Crippen LogP contribution in [-0.2, 0) is 14.6 Å². The van der Waals surface area contributed by atoms with Gasteiger partial charge in [0.15, 0.2) is 26.6 Å². The molecule has 12 nitrogen and oxygen atoms in total. The fourth-order valence-corrected chi connectivity index (χ4v) is 8.06. The molecule has 0 unspecified atom stereocenters. The van der Waals surface area contributed by atoms with Gasteiger partial charge < -0.3 is 19.9 Å². The van der Waals surface area contributed by atoms with E-state index >= 15 is 0 Å². The summed E-state index contributed by atoms with van der Waals surface area (Å²) in [5.41, 5.74) is 0.845. The van der Waals surface area contributed by atoms with E-state index in [-0.39, 0.29) is 4.90 Å². The van der Waals surface area contributed by atoms with Crippen LogP contribution in [-0.4, -0.2) is 104 Å². The number of aromatic nitrogens is 5. The molecule has 0 saturated carbocycles. The van der Waals surface area contributed by atoms with E-state index in [0.29, 0.717) is 33.4 Å². The smallest absolute Gasteiger partial charge is 0.204 e. The second-order valence-corrected chi connectivity index (χ2v) is 15.8. The standard InChI is InChI=1S/C29H39N9O3S3/c1-20-19-23(35-34-20)31-25-24(41-6)26(38-16-14-37(15-17-38)13-12-36(4)5)33-28(32-25)43-21-7-9-22(10-8-21)44(39,40)29(2,3)27-30-11-18-42-27/h7-11,18-19H,12-17H2,1-6H3,(H2,31,32,33,34,35). The first-order valence-corrected chi connectivity index (χ1v) is 17.5. The number of nitrogens with one attached hydrogen (secondary N) is 2. The average molecular weight is 658 g/mol. The van der Waals surface area contributed by atoms with Gasteiger partial charge in [-0.05, 0) is 70.9 Å². The Bertz CT molecular complexity index is 1650. The molecule has 0 atom stereocenters. The molecule has 1 fully saturated rings. The maximum absolute atomic E-state index is 13.5. The van der Waals surface area contributed by atoms with Gasteiger partial charge in [-0.1, -0.05) is 0 Å². The Kier molecular flexibility index (Phi) is 9.80. The molecule has 0 aliphatic carbocycles. The number of rotatable bonds is 12. The van der Waals surface area contributed by atoms with Crippen LogP contribution in [0, 0.1) is 6.92 Å². The van der Waals surface area contributed by atoms with Crippen LogP contribution >= 0.6 is 23.1 Å². The number of hydrogen-bond acceptors (Lipinski definition) is 13. The molecule has 4 heterocycles. The predicted octanol–water partition coefficient (Wildman–Crippen LogP) is 4.26. The number of piperazine rings is 1. The molecule has 3 aromatic heterocycles. The van der Waals surface area contributed by atoms with E-state index in [0.717, 1.165) is 49.9 Å². The van der Waals surface area contributed by atoms with Crippen LogP contribution in [0.1, 0.15) is 24.5 Å². The second-order valence-electron chi connectivity index (χ2n) is 11.3. The van der Waals surface area contributed by atoms with Crippen molar-refractivity contribution in [2.24, 2.45) is 0 Å². The maximum Gasteiger partial charge on any atom is 0.204 e. The zero-order chi connectivity index (χ0) is 31.5. The molecule has 5 rings (SSSR count). The Morgan fingerprint density at radius 1 is 1.14 bits per heavy atom. The van der Waals surface area contributed by atoms with Crippen molar-refractivity contribution in [1.29, 1.82) is 0 Å². The largest absolute Gasteiger partial charge is 0.490 e. The van der Waals surface area contributed by atoms with Gasteiger partial charge in [0.1, 0.15) is 15.6 Å². The van der Waals surface area contributed by atoms with Gasteiger partial charge in [0.05, 0.1) is 17.7 Å². The van der Waals surface area contributed by atoms with Crippen LogP contribution < -0.4 is 15.0 Å². The average Bonchev–Trinajstić information content (AvgIpc) is 3.69. The first kappa shape index (κ1) is 32.2. The fraction of sp³-hybridized carbons (Fsp3) is 0.448. The molecule has 0 spiro atoms. The Balaban J connectivity index is 1.42. The van der Waals surface area contributed by atoms with Crippen LogP contribution in [0.15, 0.2) is 56.9 Å². The van der Waals surface area contributed by atoms with Gasteiger partial charge in [-0.2, -0.15) is 5.10 Å². The van der Waals surface area contributed by atoms with Crippen molar-refractivity contribution in [2.75, 3.05) is 70.7 Å². The van der Waals surface area contributed by atoms with E-state index in [1.165, 1.54) is 23.1 Å². The Morgan fingerprint density at radius 3 is 2.45 bits per heavy atom. The topological polar surface area (TPSA) is 132 Å². The van der Waals surface area contributed by atoms with Crippen LogP contribution in [0.5, 0.6) is 5.75 Å². The first-order chi connectivity index (χ1) is 21.0. The molecular formula is C29H39N9O3S3. The summed E-state index contributed by atoms with van der Waals surface area (Å²) in [6.07, 6.45) is 1.63. The molecule has 0 amide bonds. The molecule has 4 aromatic rings. The molecule has 1 saturated heterocycles. The number of benzene rings is 1. The first-order valence-electron chi connectivity index (χ1n) is 14.3. The molecule has 2 N–H and O–H groups in total. The minimum atomic E-state index is -3.68. The van der Waals surface area contributed by atoms with Crippen molar-refractivity contribution in [2.45, 2.75) is 40.5 Å². The molecule has 44 heavy (non-hydrogen) atoms. The highest BCUT2D eigenvalue weighted by Gasteiger charge is 2.39. The SMILES string of the molecule is COc1c(Nc2cc(C)n[nH]2)nc(Sc2ccc(S(=O)(=O)C(C)(C)c3nccs3)cc2)nc1N1CCN(CCN(C)C)CC1. The van der Waals surface area contributed by atoms with Gasteiger partial charge in [0.2, 0.25) is 5.75 Å². The summed E-state index contributed by atoms with van der Waals surface area (Å²) in [7, 11) is 2.13. The number of aromatic amines is 1. The number of likely N-dealkylation sites (N-methyl/N-ethyl adjacent to an activating group) is 1. The number of nitrogens with zero attached hydrogens (tertiary/aromatic N) is 7. The third-order valence-electron chi connectivity index (χ3n) is 7.49. The van der Waals surface area contributed by atoms with Gasteiger partial charge in [-0.3, -0.25) is 10.00 Å². The van der Waals surface area contributed by atoms with Crippen molar-refractivity contribution < 1.29 is 13.2 Å². The van der Waals surface area contributed by atoms with Gasteiger partial charge in [0, 0.05) is 61.8 Å². The third kappa shape index (κ3) is 7.01. The summed E-state index contributed by atoms with van der Waals surface area (Å²) < 4.78 is 31.8. The van der Waals surface area contributed by atoms with Crippen molar-refractivity contribution in [3.63, 3.8) is 0 Å². The van der Waals surface area contributed by atoms with Crippen LogP contribution in [0.4, 0.5) is 17.5 Å². The number of anilines is 3. The number of ether oxygens (including phenoxy) is 1. The van der Waals surface area contributed by atoms with E-state index in [1.807, 2.05) is 13.0 Å². The van der Waals surface area contributed by atoms with Crippen LogP contribution in [0.2, 0.25) is 0 Å². The number of sulfone groups is 1. The zero-order valence-corrected chi connectivity index (χ0v) is 28.3. The molecule has 0 radical (unpaired) electrons. The van der Waals surface area contributed by atoms with Crippen molar-refractivity contribution >= 4 is 50.4 Å². The number of methoxy groups -OCH3 is 1. The lowest BCUT2D eigenvalue weighted by atomic mass is 10.2.